The van der Waals surface area contributed by atoms with Gasteiger partial charge in [-0.2, -0.15) is 0 Å². The van der Waals surface area contributed by atoms with Gasteiger partial charge >= 0.3 is 6.09 Å². The van der Waals surface area contributed by atoms with Crippen LogP contribution < -0.4 is 16.0 Å². The zero-order chi connectivity index (χ0) is 15.5. The molecule has 0 spiro atoms. The molecule has 3 N–H and O–H groups in total. The van der Waals surface area contributed by atoms with Crippen molar-refractivity contribution in [3.63, 3.8) is 0 Å². The molecule has 1 aliphatic heterocycles. The molecular weight excluding hydrogens is 282 g/mol. The highest BCUT2D eigenvalue weighted by atomic mass is 16.6. The van der Waals surface area contributed by atoms with Crippen molar-refractivity contribution < 1.29 is 14.3 Å². The number of amides is 2. The van der Waals surface area contributed by atoms with Crippen LogP contribution in [0.1, 0.15) is 36.0 Å². The number of nitrogens with one attached hydrogen (secondary N) is 1. The standard InChI is InChI=1S/C16H21N3O3/c17-13-3-1-4-14(13)18-15(20)11-5-7-12(8-6-11)19-9-2-10-22-16(19)21/h5-8,13-14H,1-4,9-10,17H2,(H,18,20). The van der Waals surface area contributed by atoms with E-state index in [4.69, 9.17) is 10.5 Å². The number of benzene rings is 1. The van der Waals surface area contributed by atoms with Gasteiger partial charge in [-0.15, -0.1) is 0 Å². The maximum Gasteiger partial charge on any atom is 0.414 e. The Labute approximate surface area is 129 Å². The number of cyclic esters (lactones) is 1. The summed E-state index contributed by atoms with van der Waals surface area (Å²) in [5, 5.41) is 2.98. The third kappa shape index (κ3) is 3.06. The molecule has 1 saturated heterocycles. The third-order valence-electron chi connectivity index (χ3n) is 4.30. The van der Waals surface area contributed by atoms with Crippen molar-refractivity contribution in [2.24, 2.45) is 5.73 Å². The lowest BCUT2D eigenvalue weighted by molar-refractivity contribution is 0.0934. The molecule has 1 aromatic carbocycles. The Morgan fingerprint density at radius 1 is 1.23 bits per heavy atom. The maximum absolute atomic E-state index is 12.2. The topological polar surface area (TPSA) is 84.7 Å². The number of nitrogens with zero attached hydrogens (tertiary/aromatic N) is 1. The zero-order valence-corrected chi connectivity index (χ0v) is 12.5. The van der Waals surface area contributed by atoms with Crippen molar-refractivity contribution in [3.8, 4) is 0 Å². The Kier molecular flexibility index (Phi) is 4.29. The molecule has 1 heterocycles. The van der Waals surface area contributed by atoms with Gasteiger partial charge in [0, 0.05) is 29.9 Å². The van der Waals surface area contributed by atoms with Crippen molar-refractivity contribution in [1.29, 1.82) is 0 Å². The molecule has 2 atom stereocenters. The fourth-order valence-corrected chi connectivity index (χ4v) is 3.00. The average molecular weight is 303 g/mol. The lowest BCUT2D eigenvalue weighted by atomic mass is 10.1. The summed E-state index contributed by atoms with van der Waals surface area (Å²) >= 11 is 0. The molecule has 2 fully saturated rings. The lowest BCUT2D eigenvalue weighted by Crippen LogP contribution is -2.44. The molecule has 2 aliphatic rings. The van der Waals surface area contributed by atoms with Gasteiger partial charge in [-0.3, -0.25) is 9.69 Å². The van der Waals surface area contributed by atoms with E-state index < -0.39 is 0 Å². The average Bonchev–Trinajstić information content (AvgIpc) is 2.93. The van der Waals surface area contributed by atoms with Gasteiger partial charge in [0.25, 0.3) is 5.91 Å². The molecule has 22 heavy (non-hydrogen) atoms. The fraction of sp³-hybridized carbons (Fsp3) is 0.500. The zero-order valence-electron chi connectivity index (χ0n) is 12.5. The van der Waals surface area contributed by atoms with E-state index in [9.17, 15) is 9.59 Å². The van der Waals surface area contributed by atoms with E-state index in [2.05, 4.69) is 5.32 Å². The number of rotatable bonds is 3. The van der Waals surface area contributed by atoms with Crippen molar-refractivity contribution >= 4 is 17.7 Å². The smallest absolute Gasteiger partial charge is 0.414 e. The first-order valence-corrected chi connectivity index (χ1v) is 7.76. The highest BCUT2D eigenvalue weighted by molar-refractivity contribution is 5.95. The van der Waals surface area contributed by atoms with Crippen LogP contribution in [0.15, 0.2) is 24.3 Å². The van der Waals surface area contributed by atoms with Gasteiger partial charge in [0.1, 0.15) is 0 Å². The van der Waals surface area contributed by atoms with E-state index in [0.29, 0.717) is 18.7 Å². The SMILES string of the molecule is NC1CCCC1NC(=O)c1ccc(N2CCCOC2=O)cc1. The molecule has 0 bridgehead atoms. The molecule has 1 aliphatic carbocycles. The summed E-state index contributed by atoms with van der Waals surface area (Å²) in [7, 11) is 0. The van der Waals surface area contributed by atoms with Crippen molar-refractivity contribution in [2.75, 3.05) is 18.1 Å². The van der Waals surface area contributed by atoms with Crippen molar-refractivity contribution in [3.05, 3.63) is 29.8 Å². The summed E-state index contributed by atoms with van der Waals surface area (Å²) in [4.78, 5) is 25.5. The molecule has 1 saturated carbocycles. The van der Waals surface area contributed by atoms with Crippen LogP contribution in [0.3, 0.4) is 0 Å². The molecule has 0 aromatic heterocycles. The number of hydrogen-bond donors (Lipinski definition) is 2. The van der Waals surface area contributed by atoms with Crippen LogP contribution in [-0.4, -0.2) is 37.2 Å². The molecule has 2 amide bonds. The maximum atomic E-state index is 12.2. The van der Waals surface area contributed by atoms with Crippen LogP contribution in [0.4, 0.5) is 10.5 Å². The van der Waals surface area contributed by atoms with Crippen LogP contribution in [0.2, 0.25) is 0 Å². The predicted molar refractivity (Wildman–Crippen MR) is 82.8 cm³/mol. The van der Waals surface area contributed by atoms with Gasteiger partial charge < -0.3 is 15.8 Å². The van der Waals surface area contributed by atoms with Gasteiger partial charge in [0.05, 0.1) is 6.61 Å². The highest BCUT2D eigenvalue weighted by Gasteiger charge is 2.26. The van der Waals surface area contributed by atoms with Crippen molar-refractivity contribution in [1.82, 2.24) is 5.32 Å². The van der Waals surface area contributed by atoms with Crippen LogP contribution in [0.25, 0.3) is 0 Å². The summed E-state index contributed by atoms with van der Waals surface area (Å²) < 4.78 is 5.02. The molecular formula is C16H21N3O3. The Morgan fingerprint density at radius 3 is 2.64 bits per heavy atom. The normalized spacial score (nSPS) is 25.0. The lowest BCUT2D eigenvalue weighted by Gasteiger charge is -2.26. The second-order valence-electron chi connectivity index (χ2n) is 5.84. The minimum Gasteiger partial charge on any atom is -0.449 e. The number of nitrogens with two attached hydrogens (primary N) is 1. The largest absolute Gasteiger partial charge is 0.449 e. The first-order valence-electron chi connectivity index (χ1n) is 7.76. The van der Waals surface area contributed by atoms with Crippen molar-refractivity contribution in [2.45, 2.75) is 37.8 Å². The minimum absolute atomic E-state index is 0.0475. The Bertz CT molecular complexity index is 558. The number of carbonyl (C=O) groups is 2. The number of carbonyl (C=O) groups excluding carboxylic acids is 2. The Hall–Kier alpha value is -2.08. The molecule has 3 rings (SSSR count). The molecule has 6 nitrogen and oxygen atoms in total. The highest BCUT2D eigenvalue weighted by Crippen LogP contribution is 2.20. The molecule has 0 radical (unpaired) electrons. The third-order valence-corrected chi connectivity index (χ3v) is 4.30. The quantitative estimate of drug-likeness (QED) is 0.889. The number of ether oxygens (including phenoxy) is 1. The summed E-state index contributed by atoms with van der Waals surface area (Å²) in [5.74, 6) is -0.116. The van der Waals surface area contributed by atoms with E-state index >= 15 is 0 Å². The Balaban J connectivity index is 1.65. The van der Waals surface area contributed by atoms with Gasteiger partial charge in [-0.1, -0.05) is 0 Å². The van der Waals surface area contributed by atoms with E-state index in [1.165, 1.54) is 0 Å². The Morgan fingerprint density at radius 2 is 2.00 bits per heavy atom. The molecule has 118 valence electrons. The predicted octanol–water partition coefficient (Wildman–Crippen LogP) is 1.64. The monoisotopic (exact) mass is 303 g/mol. The second-order valence-corrected chi connectivity index (χ2v) is 5.84. The van der Waals surface area contributed by atoms with E-state index in [-0.39, 0.29) is 24.1 Å². The first-order chi connectivity index (χ1) is 10.6. The van der Waals surface area contributed by atoms with Crippen LogP contribution in [-0.2, 0) is 4.74 Å². The summed E-state index contributed by atoms with van der Waals surface area (Å²) in [6, 6.07) is 7.11. The molecule has 1 aromatic rings. The molecule has 6 heteroatoms. The van der Waals surface area contributed by atoms with E-state index in [1.807, 2.05) is 0 Å². The van der Waals surface area contributed by atoms with E-state index in [1.54, 1.807) is 29.2 Å². The van der Waals surface area contributed by atoms with Gasteiger partial charge in [-0.05, 0) is 49.9 Å². The summed E-state index contributed by atoms with van der Waals surface area (Å²) in [6.07, 6.45) is 3.43. The second kappa shape index (κ2) is 6.36. The van der Waals surface area contributed by atoms with Crippen LogP contribution >= 0.6 is 0 Å². The minimum atomic E-state index is -0.333. The number of anilines is 1. The van der Waals surface area contributed by atoms with Gasteiger partial charge in [-0.25, -0.2) is 4.79 Å². The van der Waals surface area contributed by atoms with Gasteiger partial charge in [0.15, 0.2) is 0 Å². The first kappa shape index (κ1) is 14.8. The summed E-state index contributed by atoms with van der Waals surface area (Å²) in [5.41, 5.74) is 7.30. The summed E-state index contributed by atoms with van der Waals surface area (Å²) in [6.45, 7) is 1.11. The van der Waals surface area contributed by atoms with Crippen LogP contribution in [0.5, 0.6) is 0 Å². The number of hydrogen-bond acceptors (Lipinski definition) is 4. The fourth-order valence-electron chi connectivity index (χ4n) is 3.00. The van der Waals surface area contributed by atoms with Gasteiger partial charge in [0.2, 0.25) is 0 Å². The molecule has 2 unspecified atom stereocenters. The van der Waals surface area contributed by atoms with E-state index in [0.717, 1.165) is 31.4 Å². The van der Waals surface area contributed by atoms with Crippen LogP contribution in [0, 0.1) is 0 Å².